The molecule has 0 spiro atoms. The van der Waals surface area contributed by atoms with Gasteiger partial charge in [0.25, 0.3) is 0 Å². The molecule has 7 heteroatoms. The highest BCUT2D eigenvalue weighted by atomic mass is 35.5. The lowest BCUT2D eigenvalue weighted by Gasteiger charge is -2.27. The van der Waals surface area contributed by atoms with E-state index in [0.717, 1.165) is 19.3 Å². The van der Waals surface area contributed by atoms with Crippen molar-refractivity contribution in [3.8, 4) is 5.75 Å². The molecule has 0 aliphatic heterocycles. The van der Waals surface area contributed by atoms with Crippen molar-refractivity contribution in [2.24, 2.45) is 5.41 Å². The molecular weight excluding hydrogens is 387 g/mol. The monoisotopic (exact) mass is 408 g/mol. The fourth-order valence-corrected chi connectivity index (χ4v) is 2.99. The van der Waals surface area contributed by atoms with E-state index in [2.05, 4.69) is 6.92 Å². The van der Waals surface area contributed by atoms with Crippen molar-refractivity contribution in [3.05, 3.63) is 27.2 Å². The molecule has 0 N–H and O–H groups in total. The zero-order chi connectivity index (χ0) is 19.0. The van der Waals surface area contributed by atoms with Crippen LogP contribution >= 0.6 is 34.8 Å². The number of esters is 2. The van der Waals surface area contributed by atoms with Crippen LogP contribution in [0.4, 0.5) is 0 Å². The molecule has 140 valence electrons. The summed E-state index contributed by atoms with van der Waals surface area (Å²) in [5.41, 5.74) is -1.38. The van der Waals surface area contributed by atoms with Crippen LogP contribution in [0.5, 0.6) is 5.75 Å². The number of hydrogen-bond donors (Lipinski definition) is 0. The summed E-state index contributed by atoms with van der Waals surface area (Å²) in [7, 11) is 0. The molecule has 4 nitrogen and oxygen atoms in total. The van der Waals surface area contributed by atoms with Gasteiger partial charge in [0.05, 0.1) is 11.6 Å². The number of benzene rings is 1. The zero-order valence-corrected chi connectivity index (χ0v) is 16.9. The average Bonchev–Trinajstić information content (AvgIpc) is 2.57. The van der Waals surface area contributed by atoms with Gasteiger partial charge in [0.2, 0.25) is 0 Å². The SMILES string of the molecule is CCCCCOC(=O)C(CC)(CC)C(=O)Oc1cc(Cl)cc(Cl)c1Cl. The van der Waals surface area contributed by atoms with E-state index in [4.69, 9.17) is 44.3 Å². The van der Waals surface area contributed by atoms with Gasteiger partial charge < -0.3 is 9.47 Å². The van der Waals surface area contributed by atoms with Gasteiger partial charge in [-0.2, -0.15) is 0 Å². The van der Waals surface area contributed by atoms with Crippen LogP contribution < -0.4 is 4.74 Å². The Morgan fingerprint density at radius 2 is 1.64 bits per heavy atom. The lowest BCUT2D eigenvalue weighted by Crippen LogP contribution is -2.42. The molecule has 0 radical (unpaired) electrons. The van der Waals surface area contributed by atoms with Gasteiger partial charge in [-0.3, -0.25) is 9.59 Å². The molecule has 0 aromatic heterocycles. The highest BCUT2D eigenvalue weighted by Gasteiger charge is 2.46. The third-order valence-corrected chi connectivity index (χ3v) is 5.13. The summed E-state index contributed by atoms with van der Waals surface area (Å²) in [6.07, 6.45) is 3.23. The van der Waals surface area contributed by atoms with Crippen molar-refractivity contribution in [1.82, 2.24) is 0 Å². The molecule has 0 saturated carbocycles. The van der Waals surface area contributed by atoms with Crippen LogP contribution in [0.15, 0.2) is 12.1 Å². The zero-order valence-electron chi connectivity index (χ0n) is 14.7. The van der Waals surface area contributed by atoms with Gasteiger partial charge in [-0.05, 0) is 25.3 Å². The molecule has 1 rings (SSSR count). The van der Waals surface area contributed by atoms with Crippen LogP contribution in [0.25, 0.3) is 0 Å². The van der Waals surface area contributed by atoms with E-state index in [1.165, 1.54) is 12.1 Å². The maximum Gasteiger partial charge on any atom is 0.328 e. The highest BCUT2D eigenvalue weighted by molar-refractivity contribution is 6.44. The van der Waals surface area contributed by atoms with E-state index in [9.17, 15) is 9.59 Å². The summed E-state index contributed by atoms with van der Waals surface area (Å²) in [6, 6.07) is 2.83. The van der Waals surface area contributed by atoms with E-state index < -0.39 is 17.4 Å². The Balaban J connectivity index is 2.97. The first-order chi connectivity index (χ1) is 11.8. The second kappa shape index (κ2) is 10.2. The van der Waals surface area contributed by atoms with Crippen LogP contribution in [0, 0.1) is 5.41 Å². The van der Waals surface area contributed by atoms with Gasteiger partial charge in [-0.25, -0.2) is 0 Å². The molecule has 0 bridgehead atoms. The normalized spacial score (nSPS) is 11.3. The second-order valence-corrected chi connectivity index (χ2v) is 6.94. The van der Waals surface area contributed by atoms with E-state index in [-0.39, 0.29) is 40.3 Å². The van der Waals surface area contributed by atoms with Gasteiger partial charge in [-0.1, -0.05) is 68.4 Å². The average molecular weight is 410 g/mol. The molecule has 0 saturated heterocycles. The Bertz CT molecular complexity index is 613. The number of halogens is 3. The minimum Gasteiger partial charge on any atom is -0.465 e. The van der Waals surface area contributed by atoms with E-state index in [0.29, 0.717) is 0 Å². The Morgan fingerprint density at radius 1 is 1.00 bits per heavy atom. The van der Waals surface area contributed by atoms with E-state index in [1.54, 1.807) is 13.8 Å². The Morgan fingerprint density at radius 3 is 2.20 bits per heavy atom. The van der Waals surface area contributed by atoms with Gasteiger partial charge in [0.1, 0.15) is 5.02 Å². The number of rotatable bonds is 9. The first-order valence-electron chi connectivity index (χ1n) is 8.36. The third-order valence-electron chi connectivity index (χ3n) is 4.13. The van der Waals surface area contributed by atoms with Crippen LogP contribution in [-0.2, 0) is 14.3 Å². The van der Waals surface area contributed by atoms with Gasteiger partial charge in [0, 0.05) is 11.1 Å². The molecule has 0 amide bonds. The van der Waals surface area contributed by atoms with Crippen molar-refractivity contribution in [2.45, 2.75) is 52.9 Å². The van der Waals surface area contributed by atoms with E-state index in [1.807, 2.05) is 0 Å². The van der Waals surface area contributed by atoms with Gasteiger partial charge in [0.15, 0.2) is 11.2 Å². The van der Waals surface area contributed by atoms with E-state index >= 15 is 0 Å². The number of hydrogen-bond acceptors (Lipinski definition) is 4. The largest absolute Gasteiger partial charge is 0.465 e. The van der Waals surface area contributed by atoms with Crippen molar-refractivity contribution in [2.75, 3.05) is 6.61 Å². The fourth-order valence-electron chi connectivity index (χ4n) is 2.37. The molecule has 0 aliphatic rings. The highest BCUT2D eigenvalue weighted by Crippen LogP contribution is 2.38. The fraction of sp³-hybridized carbons (Fsp3) is 0.556. The minimum absolute atomic E-state index is 0.0224. The summed E-state index contributed by atoms with van der Waals surface area (Å²) < 4.78 is 10.7. The molecule has 1 aromatic carbocycles. The first-order valence-corrected chi connectivity index (χ1v) is 9.49. The predicted octanol–water partition coefficient (Wildman–Crippen LogP) is 6.09. The standard InChI is InChI=1S/C18H23Cl3O4/c1-4-7-8-9-24-16(22)18(5-2,6-3)17(23)25-14-11-12(19)10-13(20)15(14)21/h10-11H,4-9H2,1-3H3. The quantitative estimate of drug-likeness (QED) is 0.163. The Hall–Kier alpha value is -0.970. The van der Waals surface area contributed by atoms with Crippen molar-refractivity contribution >= 4 is 46.7 Å². The number of carbonyl (C=O) groups excluding carboxylic acids is 2. The van der Waals surface area contributed by atoms with Crippen molar-refractivity contribution < 1.29 is 19.1 Å². The van der Waals surface area contributed by atoms with Crippen LogP contribution in [0.3, 0.4) is 0 Å². The Kier molecular flexibility index (Phi) is 9.04. The Labute approximate surface area is 163 Å². The van der Waals surface area contributed by atoms with Crippen LogP contribution in [0.1, 0.15) is 52.9 Å². The van der Waals surface area contributed by atoms with Crippen LogP contribution in [-0.4, -0.2) is 18.5 Å². The molecule has 0 aliphatic carbocycles. The maximum atomic E-state index is 12.7. The van der Waals surface area contributed by atoms with Crippen molar-refractivity contribution in [1.29, 1.82) is 0 Å². The molecular formula is C18H23Cl3O4. The number of unbranched alkanes of at least 4 members (excludes halogenated alkanes) is 2. The first kappa shape index (κ1) is 22.1. The van der Waals surface area contributed by atoms with Gasteiger partial charge >= 0.3 is 11.9 Å². The summed E-state index contributed by atoms with van der Waals surface area (Å²) in [5, 5.41) is 0.507. The summed E-state index contributed by atoms with van der Waals surface area (Å²) in [4.78, 5) is 25.3. The minimum atomic E-state index is -1.38. The summed E-state index contributed by atoms with van der Waals surface area (Å²) in [6.45, 7) is 5.82. The molecule has 0 heterocycles. The lowest BCUT2D eigenvalue weighted by molar-refractivity contribution is -0.168. The molecule has 25 heavy (non-hydrogen) atoms. The summed E-state index contributed by atoms with van der Waals surface area (Å²) in [5.74, 6) is -1.28. The lowest BCUT2D eigenvalue weighted by atomic mass is 9.82. The van der Waals surface area contributed by atoms with Gasteiger partial charge in [-0.15, -0.1) is 0 Å². The summed E-state index contributed by atoms with van der Waals surface area (Å²) >= 11 is 17.9. The number of carbonyl (C=O) groups is 2. The third kappa shape index (κ3) is 5.50. The second-order valence-electron chi connectivity index (χ2n) is 5.72. The maximum absolute atomic E-state index is 12.7. The van der Waals surface area contributed by atoms with Crippen LogP contribution in [0.2, 0.25) is 15.1 Å². The topological polar surface area (TPSA) is 52.6 Å². The molecule has 0 fully saturated rings. The molecule has 0 unspecified atom stereocenters. The predicted molar refractivity (Wildman–Crippen MR) is 101 cm³/mol. The number of ether oxygens (including phenoxy) is 2. The molecule has 0 atom stereocenters. The smallest absolute Gasteiger partial charge is 0.328 e. The van der Waals surface area contributed by atoms with Crippen molar-refractivity contribution in [3.63, 3.8) is 0 Å². The molecule has 1 aromatic rings.